The van der Waals surface area contributed by atoms with Crippen molar-refractivity contribution < 1.29 is 5.11 Å². The number of aryl methyl sites for hydroxylation is 2. The molecule has 0 spiro atoms. The van der Waals surface area contributed by atoms with Gasteiger partial charge in [-0.05, 0) is 19.3 Å². The number of hydrogen-bond donors (Lipinski definition) is 3. The lowest BCUT2D eigenvalue weighted by Gasteiger charge is -2.31. The zero-order valence-corrected chi connectivity index (χ0v) is 12.0. The number of aromatic nitrogens is 2. The molecular weight excluding hydrogens is 228 g/mol. The minimum Gasteiger partial charge on any atom is -0.394 e. The fourth-order valence-electron chi connectivity index (χ4n) is 2.11. The van der Waals surface area contributed by atoms with E-state index in [4.69, 9.17) is 5.73 Å². The Bertz CT molecular complexity index is 374. The van der Waals surface area contributed by atoms with Crippen LogP contribution in [0.25, 0.3) is 0 Å². The molecule has 1 heterocycles. The van der Waals surface area contributed by atoms with E-state index in [-0.39, 0.29) is 12.1 Å². The van der Waals surface area contributed by atoms with E-state index in [1.165, 1.54) is 0 Å². The number of nitrogens with one attached hydrogen (secondary N) is 1. The minimum atomic E-state index is -0.314. The Hall–Kier alpha value is -1.23. The normalized spacial score (nSPS) is 11.8. The van der Waals surface area contributed by atoms with Gasteiger partial charge >= 0.3 is 0 Å². The molecule has 1 aromatic rings. The maximum absolute atomic E-state index is 9.60. The molecule has 5 nitrogen and oxygen atoms in total. The lowest BCUT2D eigenvalue weighted by atomic mass is 9.94. The Kier molecular flexibility index (Phi) is 5.02. The number of aliphatic hydroxyl groups excluding tert-OH is 1. The van der Waals surface area contributed by atoms with Gasteiger partial charge in [-0.2, -0.15) is 5.10 Å². The van der Waals surface area contributed by atoms with Gasteiger partial charge in [0.05, 0.1) is 23.5 Å². The molecule has 1 aromatic heterocycles. The highest BCUT2D eigenvalue weighted by Crippen LogP contribution is 2.28. The number of nitrogens with two attached hydrogens (primary N) is 1. The number of rotatable bonds is 7. The lowest BCUT2D eigenvalue weighted by molar-refractivity contribution is 0.202. The molecular formula is C13H26N4O. The molecule has 0 aliphatic rings. The van der Waals surface area contributed by atoms with Crippen molar-refractivity contribution in [2.75, 3.05) is 17.7 Å². The summed E-state index contributed by atoms with van der Waals surface area (Å²) in [7, 11) is 1.88. The monoisotopic (exact) mass is 254 g/mol. The summed E-state index contributed by atoms with van der Waals surface area (Å²) in [4.78, 5) is 0. The first-order valence-electron chi connectivity index (χ1n) is 6.73. The number of hydrogen-bond acceptors (Lipinski definition) is 4. The summed E-state index contributed by atoms with van der Waals surface area (Å²) >= 11 is 0. The van der Waals surface area contributed by atoms with Crippen LogP contribution in [0.15, 0.2) is 0 Å². The van der Waals surface area contributed by atoms with Crippen LogP contribution in [0.2, 0.25) is 0 Å². The van der Waals surface area contributed by atoms with Crippen molar-refractivity contribution in [1.82, 2.24) is 9.78 Å². The molecule has 18 heavy (non-hydrogen) atoms. The topological polar surface area (TPSA) is 76.1 Å². The molecule has 0 aromatic carbocycles. The molecule has 104 valence electrons. The molecule has 5 heteroatoms. The van der Waals surface area contributed by atoms with E-state index >= 15 is 0 Å². The summed E-state index contributed by atoms with van der Waals surface area (Å²) in [5.41, 5.74) is 7.46. The average Bonchev–Trinajstić information content (AvgIpc) is 2.64. The summed E-state index contributed by atoms with van der Waals surface area (Å²) in [6.45, 7) is 6.32. The standard InChI is InChI=1S/C13H26N4O/c1-5-8-10-11(14)12(17(4)16-10)15-13(6-2,7-3)9-18/h15,18H,5-9,14H2,1-4H3. The third-order valence-corrected chi connectivity index (χ3v) is 3.69. The SMILES string of the molecule is CCCc1nn(C)c(NC(CC)(CC)CO)c1N. The first-order chi connectivity index (χ1) is 8.53. The number of aliphatic hydroxyl groups is 1. The van der Waals surface area contributed by atoms with Crippen molar-refractivity contribution in [3.63, 3.8) is 0 Å². The Balaban J connectivity index is 3.03. The van der Waals surface area contributed by atoms with Gasteiger partial charge in [0, 0.05) is 7.05 Å². The molecule has 0 fully saturated rings. The third kappa shape index (κ3) is 2.77. The summed E-state index contributed by atoms with van der Waals surface area (Å²) in [6.07, 6.45) is 3.58. The summed E-state index contributed by atoms with van der Waals surface area (Å²) in [5, 5.41) is 17.4. The highest BCUT2D eigenvalue weighted by Gasteiger charge is 2.27. The van der Waals surface area contributed by atoms with Crippen LogP contribution in [0.5, 0.6) is 0 Å². The van der Waals surface area contributed by atoms with Gasteiger partial charge in [-0.25, -0.2) is 0 Å². The van der Waals surface area contributed by atoms with Crippen LogP contribution in [0.1, 0.15) is 45.7 Å². The average molecular weight is 254 g/mol. The van der Waals surface area contributed by atoms with Crippen LogP contribution in [0, 0.1) is 0 Å². The molecule has 0 radical (unpaired) electrons. The largest absolute Gasteiger partial charge is 0.394 e. The van der Waals surface area contributed by atoms with E-state index in [0.29, 0.717) is 5.69 Å². The Morgan fingerprint density at radius 1 is 1.33 bits per heavy atom. The molecule has 0 amide bonds. The van der Waals surface area contributed by atoms with Crippen molar-refractivity contribution in [3.05, 3.63) is 5.69 Å². The van der Waals surface area contributed by atoms with Gasteiger partial charge in [-0.3, -0.25) is 4.68 Å². The molecule has 0 aliphatic heterocycles. The molecule has 0 aliphatic carbocycles. The van der Waals surface area contributed by atoms with Crippen LogP contribution in [0.4, 0.5) is 11.5 Å². The second-order valence-electron chi connectivity index (χ2n) is 4.85. The fourth-order valence-corrected chi connectivity index (χ4v) is 2.11. The molecule has 4 N–H and O–H groups in total. The first-order valence-corrected chi connectivity index (χ1v) is 6.73. The van der Waals surface area contributed by atoms with E-state index in [0.717, 1.165) is 37.2 Å². The van der Waals surface area contributed by atoms with Crippen molar-refractivity contribution >= 4 is 11.5 Å². The predicted molar refractivity (Wildman–Crippen MR) is 75.6 cm³/mol. The smallest absolute Gasteiger partial charge is 0.148 e. The maximum Gasteiger partial charge on any atom is 0.148 e. The van der Waals surface area contributed by atoms with E-state index in [2.05, 4.69) is 31.2 Å². The van der Waals surface area contributed by atoms with Gasteiger partial charge in [0.2, 0.25) is 0 Å². The molecule has 0 bridgehead atoms. The molecule has 0 atom stereocenters. The van der Waals surface area contributed by atoms with Crippen molar-refractivity contribution in [2.24, 2.45) is 7.05 Å². The zero-order valence-electron chi connectivity index (χ0n) is 12.0. The second kappa shape index (κ2) is 6.09. The minimum absolute atomic E-state index is 0.0910. The van der Waals surface area contributed by atoms with Crippen LogP contribution < -0.4 is 11.1 Å². The Morgan fingerprint density at radius 3 is 2.39 bits per heavy atom. The van der Waals surface area contributed by atoms with Crippen molar-refractivity contribution in [1.29, 1.82) is 0 Å². The summed E-state index contributed by atoms with van der Waals surface area (Å²) < 4.78 is 1.77. The van der Waals surface area contributed by atoms with Gasteiger partial charge in [0.1, 0.15) is 5.82 Å². The van der Waals surface area contributed by atoms with E-state index in [1.807, 2.05) is 7.05 Å². The van der Waals surface area contributed by atoms with Crippen LogP contribution >= 0.6 is 0 Å². The summed E-state index contributed by atoms with van der Waals surface area (Å²) in [6, 6.07) is 0. The maximum atomic E-state index is 9.60. The summed E-state index contributed by atoms with van der Waals surface area (Å²) in [5.74, 6) is 0.816. The van der Waals surface area contributed by atoms with Crippen LogP contribution in [-0.4, -0.2) is 27.0 Å². The first kappa shape index (κ1) is 14.8. The lowest BCUT2D eigenvalue weighted by Crippen LogP contribution is -2.41. The highest BCUT2D eigenvalue weighted by atomic mass is 16.3. The fraction of sp³-hybridized carbons (Fsp3) is 0.769. The molecule has 0 unspecified atom stereocenters. The van der Waals surface area contributed by atoms with Crippen molar-refractivity contribution in [2.45, 2.75) is 52.0 Å². The second-order valence-corrected chi connectivity index (χ2v) is 4.85. The highest BCUT2D eigenvalue weighted by molar-refractivity contribution is 5.66. The Labute approximate surface area is 109 Å². The molecule has 0 saturated heterocycles. The van der Waals surface area contributed by atoms with Gasteiger partial charge < -0.3 is 16.2 Å². The van der Waals surface area contributed by atoms with E-state index in [1.54, 1.807) is 4.68 Å². The zero-order chi connectivity index (χ0) is 13.8. The predicted octanol–water partition coefficient (Wildman–Crippen LogP) is 1.92. The number of anilines is 2. The van der Waals surface area contributed by atoms with Crippen LogP contribution in [0.3, 0.4) is 0 Å². The van der Waals surface area contributed by atoms with Crippen molar-refractivity contribution in [3.8, 4) is 0 Å². The van der Waals surface area contributed by atoms with Gasteiger partial charge in [-0.1, -0.05) is 27.2 Å². The number of nitrogen functional groups attached to an aromatic ring is 1. The Morgan fingerprint density at radius 2 is 1.94 bits per heavy atom. The van der Waals surface area contributed by atoms with E-state index < -0.39 is 0 Å². The third-order valence-electron chi connectivity index (χ3n) is 3.69. The van der Waals surface area contributed by atoms with Gasteiger partial charge in [-0.15, -0.1) is 0 Å². The van der Waals surface area contributed by atoms with Gasteiger partial charge in [0.15, 0.2) is 0 Å². The molecule has 0 saturated carbocycles. The van der Waals surface area contributed by atoms with Gasteiger partial charge in [0.25, 0.3) is 0 Å². The van der Waals surface area contributed by atoms with E-state index in [9.17, 15) is 5.11 Å². The number of nitrogens with zero attached hydrogens (tertiary/aromatic N) is 2. The molecule has 1 rings (SSSR count). The quantitative estimate of drug-likeness (QED) is 0.695. The van der Waals surface area contributed by atoms with Crippen LogP contribution in [-0.2, 0) is 13.5 Å².